The van der Waals surface area contributed by atoms with Gasteiger partial charge in [0.05, 0.1) is 18.7 Å². The first-order valence-electron chi connectivity index (χ1n) is 10.4. The van der Waals surface area contributed by atoms with Gasteiger partial charge in [0.25, 0.3) is 0 Å². The van der Waals surface area contributed by atoms with Crippen LogP contribution < -0.4 is 9.64 Å². The van der Waals surface area contributed by atoms with Gasteiger partial charge in [-0.3, -0.25) is 4.79 Å². The van der Waals surface area contributed by atoms with Crippen molar-refractivity contribution >= 4 is 23.3 Å². The smallest absolute Gasteiger partial charge is 0.226 e. The van der Waals surface area contributed by atoms with Gasteiger partial charge in [-0.15, -0.1) is 0 Å². The van der Waals surface area contributed by atoms with Crippen molar-refractivity contribution in [1.82, 2.24) is 14.9 Å². The molecule has 0 saturated carbocycles. The van der Waals surface area contributed by atoms with Crippen molar-refractivity contribution in [2.75, 3.05) is 37.7 Å². The molecule has 31 heavy (non-hydrogen) atoms. The van der Waals surface area contributed by atoms with Crippen LogP contribution in [0.5, 0.6) is 5.75 Å². The number of anilines is 1. The zero-order valence-corrected chi connectivity index (χ0v) is 18.3. The van der Waals surface area contributed by atoms with Gasteiger partial charge in [0.1, 0.15) is 17.4 Å². The zero-order chi connectivity index (χ0) is 21.6. The first kappa shape index (κ1) is 21.1. The number of piperazine rings is 1. The molecule has 4 rings (SSSR count). The van der Waals surface area contributed by atoms with Crippen molar-refractivity contribution in [3.05, 3.63) is 71.5 Å². The summed E-state index contributed by atoms with van der Waals surface area (Å²) in [4.78, 5) is 25.9. The average Bonchev–Trinajstić information content (AvgIpc) is 2.80. The maximum absolute atomic E-state index is 12.6. The molecule has 0 spiro atoms. The summed E-state index contributed by atoms with van der Waals surface area (Å²) in [5.74, 6) is 2.48. The van der Waals surface area contributed by atoms with Crippen LogP contribution in [0.15, 0.2) is 60.7 Å². The van der Waals surface area contributed by atoms with Crippen LogP contribution in [-0.2, 0) is 4.79 Å². The molecule has 1 fully saturated rings. The third kappa shape index (κ3) is 5.52. The topological polar surface area (TPSA) is 58.6 Å². The van der Waals surface area contributed by atoms with Crippen LogP contribution in [0.3, 0.4) is 0 Å². The van der Waals surface area contributed by atoms with Gasteiger partial charge < -0.3 is 14.5 Å². The lowest BCUT2D eigenvalue weighted by Gasteiger charge is -2.35. The number of hydrogen-bond acceptors (Lipinski definition) is 5. The van der Waals surface area contributed by atoms with Gasteiger partial charge in [0, 0.05) is 42.8 Å². The first-order valence-corrected chi connectivity index (χ1v) is 10.8. The number of carbonyl (C=O) groups is 1. The average molecular weight is 437 g/mol. The highest BCUT2D eigenvalue weighted by Crippen LogP contribution is 2.23. The summed E-state index contributed by atoms with van der Waals surface area (Å²) in [7, 11) is 0. The van der Waals surface area contributed by atoms with Gasteiger partial charge in [-0.2, -0.15) is 0 Å². The SMILES string of the molecule is Cc1nc(-c2ccccc2)cc(N2CCN(C(=O)CCOc3ccc(Cl)cc3)CC2)n1. The Morgan fingerprint density at radius 1 is 1.00 bits per heavy atom. The summed E-state index contributed by atoms with van der Waals surface area (Å²) >= 11 is 5.87. The molecule has 7 heteroatoms. The molecule has 2 heterocycles. The van der Waals surface area contributed by atoms with Crippen LogP contribution in [0.25, 0.3) is 11.3 Å². The molecule has 3 aromatic rings. The largest absolute Gasteiger partial charge is 0.493 e. The van der Waals surface area contributed by atoms with E-state index >= 15 is 0 Å². The number of hydrogen-bond donors (Lipinski definition) is 0. The van der Waals surface area contributed by atoms with Crippen LogP contribution in [0.4, 0.5) is 5.82 Å². The lowest BCUT2D eigenvalue weighted by Crippen LogP contribution is -2.49. The van der Waals surface area contributed by atoms with E-state index in [9.17, 15) is 4.79 Å². The molecular weight excluding hydrogens is 412 g/mol. The second-order valence-corrected chi connectivity index (χ2v) is 7.88. The molecule has 1 saturated heterocycles. The lowest BCUT2D eigenvalue weighted by atomic mass is 10.1. The van der Waals surface area contributed by atoms with Crippen LogP contribution >= 0.6 is 11.6 Å². The standard InChI is InChI=1S/C24H25ClN4O2/c1-18-26-22(19-5-3-2-4-6-19)17-23(27-18)28-12-14-29(15-13-28)24(30)11-16-31-21-9-7-20(25)8-10-21/h2-10,17H,11-16H2,1H3. The quantitative estimate of drug-likeness (QED) is 0.579. The molecule has 1 aliphatic rings. The molecule has 160 valence electrons. The molecule has 0 atom stereocenters. The van der Waals surface area contributed by atoms with E-state index in [1.165, 1.54) is 0 Å². The summed E-state index contributed by atoms with van der Waals surface area (Å²) in [6.07, 6.45) is 0.355. The first-order chi connectivity index (χ1) is 15.1. The van der Waals surface area contributed by atoms with Gasteiger partial charge in [0.2, 0.25) is 5.91 Å². The van der Waals surface area contributed by atoms with E-state index in [0.29, 0.717) is 31.1 Å². The van der Waals surface area contributed by atoms with Crippen LogP contribution in [0.1, 0.15) is 12.2 Å². The molecule has 0 bridgehead atoms. The Bertz CT molecular complexity index is 1020. The minimum absolute atomic E-state index is 0.109. The summed E-state index contributed by atoms with van der Waals surface area (Å²) in [5.41, 5.74) is 1.99. The van der Waals surface area contributed by atoms with Crippen molar-refractivity contribution in [1.29, 1.82) is 0 Å². The van der Waals surface area contributed by atoms with Crippen molar-refractivity contribution in [3.8, 4) is 17.0 Å². The number of carbonyl (C=O) groups excluding carboxylic acids is 1. The molecule has 2 aromatic carbocycles. The maximum atomic E-state index is 12.6. The number of rotatable bonds is 6. The summed E-state index contributed by atoms with van der Waals surface area (Å²) in [6, 6.07) is 19.3. The fourth-order valence-electron chi connectivity index (χ4n) is 3.60. The van der Waals surface area contributed by atoms with E-state index in [1.54, 1.807) is 24.3 Å². The molecule has 0 radical (unpaired) electrons. The number of amides is 1. The molecule has 0 N–H and O–H groups in total. The van der Waals surface area contributed by atoms with Crippen molar-refractivity contribution in [2.24, 2.45) is 0 Å². The highest BCUT2D eigenvalue weighted by molar-refractivity contribution is 6.30. The fourth-order valence-corrected chi connectivity index (χ4v) is 3.73. The van der Waals surface area contributed by atoms with Crippen molar-refractivity contribution in [3.63, 3.8) is 0 Å². The van der Waals surface area contributed by atoms with E-state index in [-0.39, 0.29) is 5.91 Å². The highest BCUT2D eigenvalue weighted by Gasteiger charge is 2.22. The predicted molar refractivity (Wildman–Crippen MR) is 123 cm³/mol. The molecule has 1 amide bonds. The van der Waals surface area contributed by atoms with Crippen molar-refractivity contribution < 1.29 is 9.53 Å². The Hall–Kier alpha value is -3.12. The molecule has 0 unspecified atom stereocenters. The second kappa shape index (κ2) is 9.79. The van der Waals surface area contributed by atoms with Gasteiger partial charge in [-0.05, 0) is 31.2 Å². The minimum Gasteiger partial charge on any atom is -0.493 e. The lowest BCUT2D eigenvalue weighted by molar-refractivity contribution is -0.132. The molecule has 1 aromatic heterocycles. The zero-order valence-electron chi connectivity index (χ0n) is 17.5. The van der Waals surface area contributed by atoms with Gasteiger partial charge in [-0.25, -0.2) is 9.97 Å². The fraction of sp³-hybridized carbons (Fsp3) is 0.292. The number of nitrogens with zero attached hydrogens (tertiary/aromatic N) is 4. The molecule has 1 aliphatic heterocycles. The van der Waals surface area contributed by atoms with E-state index in [1.807, 2.05) is 48.2 Å². The number of ether oxygens (including phenoxy) is 1. The predicted octanol–water partition coefficient (Wildman–Crippen LogP) is 4.22. The van der Waals surface area contributed by atoms with E-state index in [2.05, 4.69) is 14.9 Å². The van der Waals surface area contributed by atoms with Gasteiger partial charge >= 0.3 is 0 Å². The normalized spacial score (nSPS) is 13.9. The number of halogens is 1. The Morgan fingerprint density at radius 2 is 1.71 bits per heavy atom. The van der Waals surface area contributed by atoms with E-state index < -0.39 is 0 Å². The third-order valence-electron chi connectivity index (χ3n) is 5.25. The number of aromatic nitrogens is 2. The Morgan fingerprint density at radius 3 is 2.42 bits per heavy atom. The van der Waals surface area contributed by atoms with Crippen LogP contribution in [0, 0.1) is 6.92 Å². The molecular formula is C24H25ClN4O2. The Kier molecular flexibility index (Phi) is 6.67. The molecule has 6 nitrogen and oxygen atoms in total. The van der Waals surface area contributed by atoms with Gasteiger partial charge in [0.15, 0.2) is 0 Å². The van der Waals surface area contributed by atoms with E-state index in [0.717, 1.165) is 41.7 Å². The summed E-state index contributed by atoms with van der Waals surface area (Å²) in [5, 5.41) is 0.663. The van der Waals surface area contributed by atoms with Crippen LogP contribution in [-0.4, -0.2) is 53.6 Å². The highest BCUT2D eigenvalue weighted by atomic mass is 35.5. The third-order valence-corrected chi connectivity index (χ3v) is 5.50. The molecule has 0 aliphatic carbocycles. The number of aryl methyl sites for hydroxylation is 1. The summed E-state index contributed by atoms with van der Waals surface area (Å²) in [6.45, 7) is 5.10. The van der Waals surface area contributed by atoms with Crippen LogP contribution in [0.2, 0.25) is 5.02 Å². The summed E-state index contributed by atoms with van der Waals surface area (Å²) < 4.78 is 5.65. The minimum atomic E-state index is 0.109. The monoisotopic (exact) mass is 436 g/mol. The van der Waals surface area contributed by atoms with E-state index in [4.69, 9.17) is 16.3 Å². The Labute approximate surface area is 187 Å². The Balaban J connectivity index is 1.30. The van der Waals surface area contributed by atoms with Gasteiger partial charge in [-0.1, -0.05) is 41.9 Å². The second-order valence-electron chi connectivity index (χ2n) is 7.44. The van der Waals surface area contributed by atoms with Crippen molar-refractivity contribution in [2.45, 2.75) is 13.3 Å². The number of benzene rings is 2. The maximum Gasteiger partial charge on any atom is 0.226 e.